The molecule has 5 amide bonds. The molecule has 0 bridgehead atoms. The van der Waals surface area contributed by atoms with Gasteiger partial charge in [-0.2, -0.15) is 0 Å². The number of aromatic nitrogens is 4. The molecule has 18 heteroatoms. The van der Waals surface area contributed by atoms with Gasteiger partial charge in [0.2, 0.25) is 11.8 Å². The highest BCUT2D eigenvalue weighted by Crippen LogP contribution is 2.38. The number of hydrogen-bond acceptors (Lipinski definition) is 12. The first-order chi connectivity index (χ1) is 30.6. The number of nitrogens with one attached hydrogen (secondary N) is 3. The van der Waals surface area contributed by atoms with Gasteiger partial charge in [0.05, 0.1) is 38.8 Å². The smallest absolute Gasteiger partial charge is 0.264 e. The molecule has 4 fully saturated rings. The quantitative estimate of drug-likeness (QED) is 0.151. The molecular formula is C45H45Cl2N11O5. The van der Waals surface area contributed by atoms with E-state index in [0.717, 1.165) is 99.1 Å². The van der Waals surface area contributed by atoms with E-state index in [2.05, 4.69) is 69.9 Å². The predicted molar refractivity (Wildman–Crippen MR) is 238 cm³/mol. The van der Waals surface area contributed by atoms with E-state index in [1.165, 1.54) is 6.33 Å². The summed E-state index contributed by atoms with van der Waals surface area (Å²) < 4.78 is 2.04. The number of halogens is 2. The second-order valence-electron chi connectivity index (χ2n) is 17.0. The monoisotopic (exact) mass is 889 g/mol. The maximum atomic E-state index is 13.7. The normalized spacial score (nSPS) is 22.0. The second kappa shape index (κ2) is 16.9. The van der Waals surface area contributed by atoms with Gasteiger partial charge in [0, 0.05) is 75.7 Å². The zero-order valence-electron chi connectivity index (χ0n) is 34.3. The highest BCUT2D eigenvalue weighted by atomic mass is 35.5. The van der Waals surface area contributed by atoms with E-state index < -0.39 is 23.8 Å². The van der Waals surface area contributed by atoms with E-state index in [1.807, 2.05) is 10.6 Å². The van der Waals surface area contributed by atoms with E-state index >= 15 is 0 Å². The Labute approximate surface area is 372 Å². The Kier molecular flexibility index (Phi) is 11.0. The van der Waals surface area contributed by atoms with Gasteiger partial charge in [-0.25, -0.2) is 15.0 Å². The van der Waals surface area contributed by atoms with E-state index in [4.69, 9.17) is 23.2 Å². The van der Waals surface area contributed by atoms with Crippen molar-refractivity contribution in [2.24, 2.45) is 5.92 Å². The van der Waals surface area contributed by atoms with E-state index in [-0.39, 0.29) is 42.3 Å². The molecule has 324 valence electrons. The van der Waals surface area contributed by atoms with Crippen LogP contribution < -0.4 is 25.8 Å². The molecule has 0 radical (unpaired) electrons. The van der Waals surface area contributed by atoms with Crippen LogP contribution in [0.5, 0.6) is 0 Å². The summed E-state index contributed by atoms with van der Waals surface area (Å²) >= 11 is 12.5. The lowest BCUT2D eigenvalue weighted by Crippen LogP contribution is -2.54. The molecule has 0 spiro atoms. The van der Waals surface area contributed by atoms with Crippen LogP contribution in [-0.2, 0) is 9.59 Å². The van der Waals surface area contributed by atoms with Crippen LogP contribution in [0.2, 0.25) is 10.0 Å². The Hall–Kier alpha value is -6.10. The Morgan fingerprint density at radius 2 is 1.52 bits per heavy atom. The molecule has 16 nitrogen and oxygen atoms in total. The van der Waals surface area contributed by atoms with Crippen molar-refractivity contribution in [3.05, 3.63) is 100 Å². The number of rotatable bonds is 10. The summed E-state index contributed by atoms with van der Waals surface area (Å²) in [7, 11) is 0. The lowest BCUT2D eigenvalue weighted by Gasteiger charge is -2.40. The minimum atomic E-state index is -0.980. The van der Waals surface area contributed by atoms with E-state index in [9.17, 15) is 24.0 Å². The summed E-state index contributed by atoms with van der Waals surface area (Å²) in [6.45, 7) is 6.32. The number of anilines is 4. The highest BCUT2D eigenvalue weighted by molar-refractivity contribution is 6.39. The fourth-order valence-corrected chi connectivity index (χ4v) is 10.2. The van der Waals surface area contributed by atoms with Gasteiger partial charge in [0.15, 0.2) is 17.0 Å². The Morgan fingerprint density at radius 3 is 2.25 bits per heavy atom. The number of piperidine rings is 2. The van der Waals surface area contributed by atoms with Crippen LogP contribution >= 0.6 is 23.2 Å². The maximum absolute atomic E-state index is 13.7. The standard InChI is InChI=1S/C45H45Cl2N11O5/c46-32-4-2-5-33(47)38(32)43(61)52-28-21-30(22-28)57-25-50-39-40(48-24-49-41(39)57)51-27-7-9-29(10-8-27)55-19-17-54(18-20-55)23-26-13-15-56(16-14-26)34-6-1-3-31-37(34)45(63)58(44(31)62)35-11-12-36(59)53-42(35)60/h1-10,24-26,28,30,35H,11-23H2,(H,52,61)(H,48,49,51)(H,53,59,60)/t28?,30?,35-/m0/s1. The van der Waals surface area contributed by atoms with Crippen LogP contribution in [0.15, 0.2) is 73.3 Å². The third-order valence-corrected chi connectivity index (χ3v) is 13.8. The van der Waals surface area contributed by atoms with Gasteiger partial charge in [0.1, 0.15) is 12.4 Å². The number of nitrogens with zero attached hydrogens (tertiary/aromatic N) is 8. The zero-order valence-corrected chi connectivity index (χ0v) is 35.8. The summed E-state index contributed by atoms with van der Waals surface area (Å²) in [5, 5.41) is 9.39. The first-order valence-electron chi connectivity index (χ1n) is 21.5. The van der Waals surface area contributed by atoms with Crippen molar-refractivity contribution in [1.29, 1.82) is 0 Å². The fourth-order valence-electron chi connectivity index (χ4n) is 9.68. The van der Waals surface area contributed by atoms with Gasteiger partial charge in [-0.3, -0.25) is 39.1 Å². The zero-order chi connectivity index (χ0) is 43.4. The SMILES string of the molecule is O=C1CC[C@H](N2C(=O)c3cccc(N4CCC(CN5CCN(c6ccc(Nc7ncnc8c7ncn8C7CC(NC(=O)c8c(Cl)cccc8Cl)C7)cc6)CC5)CC4)c3C2=O)C(=O)N1. The van der Waals surface area contributed by atoms with Crippen LogP contribution in [0.4, 0.5) is 22.9 Å². The summed E-state index contributed by atoms with van der Waals surface area (Å²) in [5.41, 5.74) is 5.15. The molecule has 4 aliphatic heterocycles. The molecule has 1 aliphatic carbocycles. The summed E-state index contributed by atoms with van der Waals surface area (Å²) in [6, 6.07) is 17.9. The Bertz CT molecular complexity index is 2620. The molecule has 10 rings (SSSR count). The molecule has 0 unspecified atom stereocenters. The van der Waals surface area contributed by atoms with Crippen LogP contribution in [0.25, 0.3) is 11.2 Å². The number of carbonyl (C=O) groups excluding carboxylic acids is 5. The lowest BCUT2D eigenvalue weighted by atomic mass is 9.86. The van der Waals surface area contributed by atoms with Crippen molar-refractivity contribution in [3.8, 4) is 0 Å². The van der Waals surface area contributed by atoms with Crippen molar-refractivity contribution in [2.45, 2.75) is 56.7 Å². The number of benzene rings is 3. The number of hydrogen-bond donors (Lipinski definition) is 3. The van der Waals surface area contributed by atoms with Gasteiger partial charge in [-0.1, -0.05) is 35.3 Å². The van der Waals surface area contributed by atoms with E-state index in [1.54, 1.807) is 36.7 Å². The number of imidazole rings is 1. The summed E-state index contributed by atoms with van der Waals surface area (Å²) in [5.74, 6) is -1.08. The number of piperazine rings is 1. The molecule has 5 aromatic rings. The molecule has 6 heterocycles. The molecule has 1 saturated carbocycles. The van der Waals surface area contributed by atoms with Crippen molar-refractivity contribution >= 4 is 86.8 Å². The predicted octanol–water partition coefficient (Wildman–Crippen LogP) is 5.45. The maximum Gasteiger partial charge on any atom is 0.264 e. The van der Waals surface area contributed by atoms with Crippen molar-refractivity contribution in [1.82, 2.24) is 40.0 Å². The fraction of sp³-hybridized carbons (Fsp3) is 0.378. The Morgan fingerprint density at radius 1 is 0.794 bits per heavy atom. The third-order valence-electron chi connectivity index (χ3n) is 13.2. The minimum absolute atomic E-state index is 0.0192. The van der Waals surface area contributed by atoms with Crippen LogP contribution in [0.1, 0.15) is 75.6 Å². The van der Waals surface area contributed by atoms with Crippen molar-refractivity contribution in [2.75, 3.05) is 60.9 Å². The first kappa shape index (κ1) is 40.9. The topological polar surface area (TPSA) is 178 Å². The lowest BCUT2D eigenvalue weighted by molar-refractivity contribution is -0.136. The molecule has 3 N–H and O–H groups in total. The van der Waals surface area contributed by atoms with Gasteiger partial charge in [-0.05, 0) is 86.6 Å². The van der Waals surface area contributed by atoms with Crippen LogP contribution in [-0.4, -0.2) is 117 Å². The molecule has 3 saturated heterocycles. The molecular weight excluding hydrogens is 845 g/mol. The van der Waals surface area contributed by atoms with Gasteiger partial charge < -0.3 is 25.0 Å². The molecule has 1 atom stereocenters. The third kappa shape index (κ3) is 7.84. The first-order valence-corrected chi connectivity index (χ1v) is 22.2. The number of amides is 5. The molecule has 3 aromatic carbocycles. The molecule has 63 heavy (non-hydrogen) atoms. The average molecular weight is 891 g/mol. The Balaban J connectivity index is 0.693. The molecule has 5 aliphatic rings. The summed E-state index contributed by atoms with van der Waals surface area (Å²) in [4.78, 5) is 86.1. The van der Waals surface area contributed by atoms with Crippen molar-refractivity contribution < 1.29 is 24.0 Å². The number of fused-ring (bicyclic) bond motifs is 2. The van der Waals surface area contributed by atoms with Crippen LogP contribution in [0, 0.1) is 5.92 Å². The van der Waals surface area contributed by atoms with Crippen molar-refractivity contribution in [3.63, 3.8) is 0 Å². The van der Waals surface area contributed by atoms with Crippen LogP contribution in [0.3, 0.4) is 0 Å². The second-order valence-corrected chi connectivity index (χ2v) is 17.8. The van der Waals surface area contributed by atoms with Gasteiger partial charge >= 0.3 is 0 Å². The number of carbonyl (C=O) groups is 5. The largest absolute Gasteiger partial charge is 0.371 e. The number of imide groups is 2. The molecule has 2 aromatic heterocycles. The summed E-state index contributed by atoms with van der Waals surface area (Å²) in [6.07, 6.45) is 6.94. The minimum Gasteiger partial charge on any atom is -0.371 e. The highest BCUT2D eigenvalue weighted by Gasteiger charge is 2.46. The van der Waals surface area contributed by atoms with E-state index in [0.29, 0.717) is 38.4 Å². The average Bonchev–Trinajstić information content (AvgIpc) is 3.81. The van der Waals surface area contributed by atoms with Gasteiger partial charge in [-0.15, -0.1) is 0 Å². The van der Waals surface area contributed by atoms with Gasteiger partial charge in [0.25, 0.3) is 17.7 Å².